The predicted octanol–water partition coefficient (Wildman–Crippen LogP) is 4.09. The highest BCUT2D eigenvalue weighted by atomic mass is 32.1. The molecule has 1 aromatic rings. The highest BCUT2D eigenvalue weighted by molar-refractivity contribution is 7.80. The first-order valence-electron chi connectivity index (χ1n) is 7.88. The van der Waals surface area contributed by atoms with Crippen molar-refractivity contribution in [1.29, 1.82) is 0 Å². The van der Waals surface area contributed by atoms with Crippen molar-refractivity contribution in [2.75, 3.05) is 6.54 Å². The number of thiocarbonyl (C=S) groups is 1. The van der Waals surface area contributed by atoms with E-state index in [9.17, 15) is 0 Å². The van der Waals surface area contributed by atoms with Crippen LogP contribution in [0.4, 0.5) is 0 Å². The average Bonchev–Trinajstić information content (AvgIpc) is 3.13. The Balaban J connectivity index is 1.89. The number of hydrogen-bond acceptors (Lipinski definition) is 2. The highest BCUT2D eigenvalue weighted by Crippen LogP contribution is 2.25. The van der Waals surface area contributed by atoms with Gasteiger partial charge in [0.2, 0.25) is 0 Å². The smallest absolute Gasteiger partial charge is 0.169 e. The van der Waals surface area contributed by atoms with Crippen LogP contribution in [0, 0.1) is 0 Å². The lowest BCUT2D eigenvalue weighted by Crippen LogP contribution is -2.44. The molecular weight excluding hydrogens is 268 g/mol. The molecule has 0 spiro atoms. The molecule has 1 aliphatic carbocycles. The lowest BCUT2D eigenvalue weighted by molar-refractivity contribution is 0.279. The fourth-order valence-corrected chi connectivity index (χ4v) is 3.14. The van der Waals surface area contributed by atoms with E-state index >= 15 is 0 Å². The Bertz CT molecular complexity index is 385. The topological polar surface area (TPSA) is 28.4 Å². The molecule has 112 valence electrons. The van der Waals surface area contributed by atoms with Gasteiger partial charge in [-0.3, -0.25) is 0 Å². The summed E-state index contributed by atoms with van der Waals surface area (Å²) in [4.78, 5) is 2.33. The van der Waals surface area contributed by atoms with E-state index in [1.165, 1.54) is 44.9 Å². The molecule has 1 saturated carbocycles. The second kappa shape index (κ2) is 8.30. The Labute approximate surface area is 127 Å². The summed E-state index contributed by atoms with van der Waals surface area (Å²) in [6.07, 6.45) is 10.6. The molecule has 0 radical (unpaired) electrons. The molecule has 3 nitrogen and oxygen atoms in total. The van der Waals surface area contributed by atoms with Gasteiger partial charge in [0.25, 0.3) is 0 Å². The van der Waals surface area contributed by atoms with Gasteiger partial charge in [0.15, 0.2) is 5.11 Å². The summed E-state index contributed by atoms with van der Waals surface area (Å²) >= 11 is 5.61. The molecule has 0 aromatic carbocycles. The van der Waals surface area contributed by atoms with Gasteiger partial charge in [0.1, 0.15) is 5.76 Å². The molecule has 4 heteroatoms. The van der Waals surface area contributed by atoms with Gasteiger partial charge in [-0.2, -0.15) is 0 Å². The molecule has 1 N–H and O–H groups in total. The number of unbranched alkanes of at least 4 members (excludes halogenated alkanes) is 2. The van der Waals surface area contributed by atoms with Crippen molar-refractivity contribution < 1.29 is 4.42 Å². The monoisotopic (exact) mass is 294 g/mol. The summed E-state index contributed by atoms with van der Waals surface area (Å²) < 4.78 is 5.49. The molecule has 1 fully saturated rings. The van der Waals surface area contributed by atoms with Crippen molar-refractivity contribution >= 4 is 17.3 Å². The summed E-state index contributed by atoms with van der Waals surface area (Å²) in [7, 11) is 0. The second-order valence-corrected chi connectivity index (χ2v) is 5.97. The number of nitrogens with zero attached hydrogens (tertiary/aromatic N) is 1. The van der Waals surface area contributed by atoms with E-state index < -0.39 is 0 Å². The first kappa shape index (κ1) is 15.4. The average molecular weight is 294 g/mol. The van der Waals surface area contributed by atoms with Crippen LogP contribution in [-0.4, -0.2) is 22.6 Å². The second-order valence-electron chi connectivity index (χ2n) is 5.58. The Kier molecular flexibility index (Phi) is 6.37. The maximum atomic E-state index is 5.61. The minimum Gasteiger partial charge on any atom is -0.467 e. The van der Waals surface area contributed by atoms with Crippen molar-refractivity contribution in [3.05, 3.63) is 24.2 Å². The van der Waals surface area contributed by atoms with Gasteiger partial charge < -0.3 is 14.6 Å². The summed E-state index contributed by atoms with van der Waals surface area (Å²) in [5.74, 6) is 0.995. The van der Waals surface area contributed by atoms with Crippen molar-refractivity contribution in [3.63, 3.8) is 0 Å². The van der Waals surface area contributed by atoms with Crippen LogP contribution in [0.3, 0.4) is 0 Å². The molecule has 0 aliphatic heterocycles. The van der Waals surface area contributed by atoms with Crippen LogP contribution >= 0.6 is 12.2 Å². The van der Waals surface area contributed by atoms with Crippen molar-refractivity contribution in [2.45, 2.75) is 64.5 Å². The van der Waals surface area contributed by atoms with Crippen molar-refractivity contribution in [1.82, 2.24) is 10.2 Å². The van der Waals surface area contributed by atoms with E-state index in [1.54, 1.807) is 6.26 Å². The van der Waals surface area contributed by atoms with Crippen LogP contribution in [0.25, 0.3) is 0 Å². The lowest BCUT2D eigenvalue weighted by atomic mass is 10.2. The Hall–Kier alpha value is -1.03. The minimum atomic E-state index is 0.575. The van der Waals surface area contributed by atoms with E-state index in [-0.39, 0.29) is 0 Å². The third kappa shape index (κ3) is 4.51. The summed E-state index contributed by atoms with van der Waals surface area (Å²) in [5, 5.41) is 4.32. The van der Waals surface area contributed by atoms with Crippen LogP contribution in [0.2, 0.25) is 0 Å². The summed E-state index contributed by atoms with van der Waals surface area (Å²) in [5.41, 5.74) is 0. The molecule has 1 aliphatic rings. The molecule has 0 unspecified atom stereocenters. The zero-order valence-corrected chi connectivity index (χ0v) is 13.3. The van der Waals surface area contributed by atoms with Crippen LogP contribution in [0.15, 0.2) is 22.8 Å². The third-order valence-corrected chi connectivity index (χ3v) is 4.37. The van der Waals surface area contributed by atoms with E-state index in [0.29, 0.717) is 6.04 Å². The Morgan fingerprint density at radius 1 is 1.40 bits per heavy atom. The van der Waals surface area contributed by atoms with Gasteiger partial charge in [-0.15, -0.1) is 0 Å². The first-order chi connectivity index (χ1) is 9.81. The van der Waals surface area contributed by atoms with Crippen LogP contribution in [0.5, 0.6) is 0 Å². The Morgan fingerprint density at radius 3 is 2.85 bits per heavy atom. The number of rotatable bonds is 7. The number of hydrogen-bond donors (Lipinski definition) is 1. The first-order valence-corrected chi connectivity index (χ1v) is 8.29. The van der Waals surface area contributed by atoms with E-state index in [4.69, 9.17) is 16.6 Å². The van der Waals surface area contributed by atoms with Crippen LogP contribution in [-0.2, 0) is 6.54 Å². The lowest BCUT2D eigenvalue weighted by Gasteiger charge is -2.31. The largest absolute Gasteiger partial charge is 0.467 e. The predicted molar refractivity (Wildman–Crippen MR) is 86.6 cm³/mol. The fourth-order valence-electron chi connectivity index (χ4n) is 2.82. The Morgan fingerprint density at radius 2 is 2.20 bits per heavy atom. The number of nitrogens with one attached hydrogen (secondary N) is 1. The zero-order chi connectivity index (χ0) is 14.2. The highest BCUT2D eigenvalue weighted by Gasteiger charge is 2.25. The molecule has 0 saturated heterocycles. The van der Waals surface area contributed by atoms with Crippen molar-refractivity contribution in [2.24, 2.45) is 0 Å². The maximum absolute atomic E-state index is 5.61. The molecule has 0 bridgehead atoms. The fraction of sp³-hybridized carbons (Fsp3) is 0.688. The van der Waals surface area contributed by atoms with Gasteiger partial charge in [0, 0.05) is 12.6 Å². The number of furan rings is 1. The normalized spacial score (nSPS) is 15.4. The molecular formula is C16H26N2OS. The molecule has 1 aromatic heterocycles. The van der Waals surface area contributed by atoms with Gasteiger partial charge in [-0.25, -0.2) is 0 Å². The van der Waals surface area contributed by atoms with Gasteiger partial charge >= 0.3 is 0 Å². The van der Waals surface area contributed by atoms with E-state index in [1.807, 2.05) is 12.1 Å². The van der Waals surface area contributed by atoms with E-state index in [0.717, 1.165) is 24.0 Å². The zero-order valence-electron chi connectivity index (χ0n) is 12.4. The summed E-state index contributed by atoms with van der Waals surface area (Å²) in [6, 6.07) is 4.55. The van der Waals surface area contributed by atoms with Crippen LogP contribution < -0.4 is 5.32 Å². The molecule has 1 heterocycles. The minimum absolute atomic E-state index is 0.575. The van der Waals surface area contributed by atoms with E-state index in [2.05, 4.69) is 17.1 Å². The maximum Gasteiger partial charge on any atom is 0.169 e. The van der Waals surface area contributed by atoms with Gasteiger partial charge in [-0.05, 0) is 43.6 Å². The SMILES string of the molecule is CCCCCNC(=S)N(Cc1ccco1)C1CCCC1. The molecule has 2 rings (SSSR count). The van der Waals surface area contributed by atoms with Gasteiger partial charge in [-0.1, -0.05) is 32.6 Å². The molecule has 0 amide bonds. The quantitative estimate of drug-likeness (QED) is 0.605. The summed E-state index contributed by atoms with van der Waals surface area (Å²) in [6.45, 7) is 3.99. The standard InChI is InChI=1S/C16H26N2OS/c1-2-3-6-11-17-16(20)18(14-8-4-5-9-14)13-15-10-7-12-19-15/h7,10,12,14H,2-6,8-9,11,13H2,1H3,(H,17,20). The molecule has 0 atom stereocenters. The van der Waals surface area contributed by atoms with Crippen molar-refractivity contribution in [3.8, 4) is 0 Å². The third-order valence-electron chi connectivity index (χ3n) is 3.99. The molecule has 20 heavy (non-hydrogen) atoms. The van der Waals surface area contributed by atoms with Crippen LogP contribution in [0.1, 0.15) is 57.6 Å². The van der Waals surface area contributed by atoms with Gasteiger partial charge in [0.05, 0.1) is 12.8 Å².